The molecule has 0 unspecified atom stereocenters. The van der Waals surface area contributed by atoms with Crippen LogP contribution in [-0.4, -0.2) is 15.6 Å². The van der Waals surface area contributed by atoms with E-state index in [0.29, 0.717) is 27.5 Å². The number of fused-ring (bicyclic) bond motifs is 1. The van der Waals surface area contributed by atoms with Crippen molar-refractivity contribution >= 4 is 51.7 Å². The van der Waals surface area contributed by atoms with Crippen molar-refractivity contribution in [3.05, 3.63) is 68.8 Å². The van der Waals surface area contributed by atoms with Gasteiger partial charge in [-0.05, 0) is 29.8 Å². The molecule has 1 heterocycles. The number of benzene rings is 2. The Morgan fingerprint density at radius 1 is 1.05 bits per heavy atom. The predicted octanol–water partition coefficient (Wildman–Crippen LogP) is 5.35. The van der Waals surface area contributed by atoms with Crippen molar-refractivity contribution in [1.82, 2.24) is 4.57 Å². The van der Waals surface area contributed by atoms with Crippen LogP contribution in [0, 0.1) is 0 Å². The van der Waals surface area contributed by atoms with Crippen LogP contribution < -0.4 is 0 Å². The van der Waals surface area contributed by atoms with E-state index in [2.05, 4.69) is 0 Å². The van der Waals surface area contributed by atoms with Gasteiger partial charge in [0.25, 0.3) is 0 Å². The van der Waals surface area contributed by atoms with Gasteiger partial charge in [-0.15, -0.1) is 0 Å². The number of carboxylic acids is 1. The summed E-state index contributed by atoms with van der Waals surface area (Å²) >= 11 is 18.3. The standard InChI is InChI=1S/C16H10Cl3NO2/c17-10-6-4-9(5-7-10)8-20-12-3-1-2-11(18)13(12)14(15(20)19)16(21)22/h1-7H,8H2,(H,21,22). The second-order valence-electron chi connectivity index (χ2n) is 4.82. The lowest BCUT2D eigenvalue weighted by Crippen LogP contribution is -2.01. The average Bonchev–Trinajstić information content (AvgIpc) is 2.76. The van der Waals surface area contributed by atoms with Crippen LogP contribution in [0.25, 0.3) is 10.9 Å². The Morgan fingerprint density at radius 2 is 1.73 bits per heavy atom. The second kappa shape index (κ2) is 5.84. The summed E-state index contributed by atoms with van der Waals surface area (Å²) in [5.74, 6) is -1.10. The maximum absolute atomic E-state index is 11.5. The number of hydrogen-bond acceptors (Lipinski definition) is 1. The Kier molecular flexibility index (Phi) is 4.04. The van der Waals surface area contributed by atoms with Crippen molar-refractivity contribution in [2.45, 2.75) is 6.54 Å². The van der Waals surface area contributed by atoms with Gasteiger partial charge in [-0.2, -0.15) is 0 Å². The van der Waals surface area contributed by atoms with Gasteiger partial charge in [0.2, 0.25) is 0 Å². The van der Waals surface area contributed by atoms with Gasteiger partial charge >= 0.3 is 5.97 Å². The minimum absolute atomic E-state index is 0.0243. The van der Waals surface area contributed by atoms with Crippen molar-refractivity contribution in [2.75, 3.05) is 0 Å². The first-order valence-corrected chi connectivity index (χ1v) is 7.56. The molecule has 0 spiro atoms. The van der Waals surface area contributed by atoms with Gasteiger partial charge in [0.15, 0.2) is 0 Å². The number of halogens is 3. The van der Waals surface area contributed by atoms with E-state index in [9.17, 15) is 9.90 Å². The number of nitrogens with zero attached hydrogens (tertiary/aromatic N) is 1. The monoisotopic (exact) mass is 353 g/mol. The summed E-state index contributed by atoms with van der Waals surface area (Å²) in [5, 5.41) is 11.0. The molecule has 112 valence electrons. The zero-order valence-corrected chi connectivity index (χ0v) is 13.5. The van der Waals surface area contributed by atoms with Crippen LogP contribution in [0.1, 0.15) is 15.9 Å². The molecule has 0 saturated carbocycles. The molecule has 1 N–H and O–H groups in total. The van der Waals surface area contributed by atoms with Gasteiger partial charge in [0, 0.05) is 17.0 Å². The summed E-state index contributed by atoms with van der Waals surface area (Å²) in [6.45, 7) is 0.431. The number of carboxylic acid groups (broad SMARTS) is 1. The first-order chi connectivity index (χ1) is 10.5. The number of carbonyl (C=O) groups is 1. The summed E-state index contributed by atoms with van der Waals surface area (Å²) in [5.41, 5.74) is 1.67. The average molecular weight is 355 g/mol. The maximum atomic E-state index is 11.5. The smallest absolute Gasteiger partial charge is 0.339 e. The highest BCUT2D eigenvalue weighted by atomic mass is 35.5. The molecule has 0 aliphatic carbocycles. The number of hydrogen-bond donors (Lipinski definition) is 1. The molecule has 0 saturated heterocycles. The van der Waals surface area contributed by atoms with Crippen LogP contribution in [0.5, 0.6) is 0 Å². The zero-order chi connectivity index (χ0) is 15.9. The topological polar surface area (TPSA) is 42.2 Å². The van der Waals surface area contributed by atoms with Crippen molar-refractivity contribution in [2.24, 2.45) is 0 Å². The van der Waals surface area contributed by atoms with E-state index >= 15 is 0 Å². The fraction of sp³-hybridized carbons (Fsp3) is 0.0625. The molecule has 0 amide bonds. The summed E-state index contributed by atoms with van der Waals surface area (Å²) in [7, 11) is 0. The van der Waals surface area contributed by atoms with Gasteiger partial charge < -0.3 is 9.67 Å². The normalized spacial score (nSPS) is 11.0. The zero-order valence-electron chi connectivity index (χ0n) is 11.2. The lowest BCUT2D eigenvalue weighted by atomic mass is 10.2. The highest BCUT2D eigenvalue weighted by Gasteiger charge is 2.22. The molecule has 22 heavy (non-hydrogen) atoms. The van der Waals surface area contributed by atoms with Crippen molar-refractivity contribution in [3.63, 3.8) is 0 Å². The lowest BCUT2D eigenvalue weighted by molar-refractivity contribution is 0.0699. The van der Waals surface area contributed by atoms with Crippen LogP contribution in [-0.2, 0) is 6.54 Å². The lowest BCUT2D eigenvalue weighted by Gasteiger charge is -2.07. The van der Waals surface area contributed by atoms with Gasteiger partial charge in [-0.25, -0.2) is 4.79 Å². The number of aromatic carboxylic acids is 1. The van der Waals surface area contributed by atoms with Crippen molar-refractivity contribution in [3.8, 4) is 0 Å². The van der Waals surface area contributed by atoms with E-state index in [0.717, 1.165) is 5.56 Å². The molecule has 1 aromatic heterocycles. The molecule has 2 aromatic carbocycles. The third-order valence-electron chi connectivity index (χ3n) is 3.44. The molecule has 0 atom stereocenters. The van der Waals surface area contributed by atoms with Crippen LogP contribution >= 0.6 is 34.8 Å². The summed E-state index contributed by atoms with van der Waals surface area (Å²) in [6.07, 6.45) is 0. The number of rotatable bonds is 3. The Hall–Kier alpha value is -1.68. The first kappa shape index (κ1) is 15.2. The summed E-state index contributed by atoms with van der Waals surface area (Å²) in [6, 6.07) is 12.5. The Bertz CT molecular complexity index is 869. The molecular formula is C16H10Cl3NO2. The summed E-state index contributed by atoms with van der Waals surface area (Å²) in [4.78, 5) is 11.5. The van der Waals surface area contributed by atoms with Crippen LogP contribution in [0.3, 0.4) is 0 Å². The first-order valence-electron chi connectivity index (χ1n) is 6.43. The van der Waals surface area contributed by atoms with Gasteiger partial charge in [0.1, 0.15) is 10.7 Å². The molecule has 0 aliphatic heterocycles. The van der Waals surface area contributed by atoms with E-state index in [1.165, 1.54) is 0 Å². The van der Waals surface area contributed by atoms with E-state index < -0.39 is 5.97 Å². The van der Waals surface area contributed by atoms with Crippen LogP contribution in [0.4, 0.5) is 0 Å². The van der Waals surface area contributed by atoms with Gasteiger partial charge in [-0.1, -0.05) is 53.0 Å². The Morgan fingerprint density at radius 3 is 2.36 bits per heavy atom. The minimum Gasteiger partial charge on any atom is -0.478 e. The molecule has 0 bridgehead atoms. The van der Waals surface area contributed by atoms with E-state index in [-0.39, 0.29) is 10.7 Å². The quantitative estimate of drug-likeness (QED) is 0.689. The molecule has 3 rings (SSSR count). The molecule has 0 radical (unpaired) electrons. The van der Waals surface area contributed by atoms with E-state index in [1.54, 1.807) is 34.9 Å². The van der Waals surface area contributed by atoms with E-state index in [4.69, 9.17) is 34.8 Å². The SMILES string of the molecule is O=C(O)c1c(Cl)n(Cc2ccc(Cl)cc2)c2cccc(Cl)c12. The number of aromatic nitrogens is 1. The van der Waals surface area contributed by atoms with Crippen molar-refractivity contribution < 1.29 is 9.90 Å². The van der Waals surface area contributed by atoms with Crippen LogP contribution in [0.15, 0.2) is 42.5 Å². The highest BCUT2D eigenvalue weighted by Crippen LogP contribution is 2.35. The fourth-order valence-electron chi connectivity index (χ4n) is 2.45. The third kappa shape index (κ3) is 2.56. The Labute approximate surface area is 141 Å². The Balaban J connectivity index is 2.21. The molecule has 3 nitrogen and oxygen atoms in total. The molecule has 0 fully saturated rings. The van der Waals surface area contributed by atoms with Crippen LogP contribution in [0.2, 0.25) is 15.2 Å². The van der Waals surface area contributed by atoms with Crippen molar-refractivity contribution in [1.29, 1.82) is 0 Å². The second-order valence-corrected chi connectivity index (χ2v) is 6.02. The largest absolute Gasteiger partial charge is 0.478 e. The molecule has 0 aliphatic rings. The molecular weight excluding hydrogens is 345 g/mol. The summed E-state index contributed by atoms with van der Waals surface area (Å²) < 4.78 is 1.73. The maximum Gasteiger partial charge on any atom is 0.339 e. The van der Waals surface area contributed by atoms with Gasteiger partial charge in [0.05, 0.1) is 10.5 Å². The minimum atomic E-state index is -1.10. The van der Waals surface area contributed by atoms with E-state index in [1.807, 2.05) is 12.1 Å². The highest BCUT2D eigenvalue weighted by molar-refractivity contribution is 6.40. The fourth-order valence-corrected chi connectivity index (χ4v) is 3.17. The van der Waals surface area contributed by atoms with Gasteiger partial charge in [-0.3, -0.25) is 0 Å². The molecule has 6 heteroatoms. The molecule has 3 aromatic rings. The third-order valence-corrected chi connectivity index (χ3v) is 4.40. The predicted molar refractivity (Wildman–Crippen MR) is 89.5 cm³/mol.